The SMILES string of the molecule is CC(C)c1cnc(N2CCC(CCN)CC2)nc1. The topological polar surface area (TPSA) is 55.0 Å². The zero-order valence-corrected chi connectivity index (χ0v) is 11.5. The molecule has 0 spiro atoms. The monoisotopic (exact) mass is 248 g/mol. The quantitative estimate of drug-likeness (QED) is 0.887. The summed E-state index contributed by atoms with van der Waals surface area (Å²) in [7, 11) is 0. The summed E-state index contributed by atoms with van der Waals surface area (Å²) in [5, 5.41) is 0. The molecule has 0 bridgehead atoms. The Labute approximate surface area is 110 Å². The fraction of sp³-hybridized carbons (Fsp3) is 0.714. The second-order valence-electron chi connectivity index (χ2n) is 5.48. The normalized spacial score (nSPS) is 17.4. The molecule has 18 heavy (non-hydrogen) atoms. The lowest BCUT2D eigenvalue weighted by Gasteiger charge is -2.31. The zero-order valence-electron chi connectivity index (χ0n) is 11.5. The van der Waals surface area contributed by atoms with Crippen LogP contribution in [0, 0.1) is 5.92 Å². The van der Waals surface area contributed by atoms with E-state index in [0.29, 0.717) is 5.92 Å². The average Bonchev–Trinajstić information content (AvgIpc) is 2.40. The van der Waals surface area contributed by atoms with E-state index in [-0.39, 0.29) is 0 Å². The van der Waals surface area contributed by atoms with Crippen LogP contribution in [0.5, 0.6) is 0 Å². The number of anilines is 1. The molecule has 1 aliphatic heterocycles. The molecule has 0 unspecified atom stereocenters. The maximum atomic E-state index is 5.61. The van der Waals surface area contributed by atoms with Crippen molar-refractivity contribution in [2.24, 2.45) is 11.7 Å². The van der Waals surface area contributed by atoms with Crippen LogP contribution in [-0.2, 0) is 0 Å². The summed E-state index contributed by atoms with van der Waals surface area (Å²) in [5.41, 5.74) is 6.82. The van der Waals surface area contributed by atoms with Crippen molar-refractivity contribution in [3.63, 3.8) is 0 Å². The molecule has 1 aromatic heterocycles. The highest BCUT2D eigenvalue weighted by Gasteiger charge is 2.20. The van der Waals surface area contributed by atoms with E-state index < -0.39 is 0 Å². The summed E-state index contributed by atoms with van der Waals surface area (Å²) < 4.78 is 0. The Morgan fingerprint density at radius 3 is 2.39 bits per heavy atom. The smallest absolute Gasteiger partial charge is 0.225 e. The van der Waals surface area contributed by atoms with Gasteiger partial charge in [0.25, 0.3) is 0 Å². The lowest BCUT2D eigenvalue weighted by atomic mass is 9.94. The summed E-state index contributed by atoms with van der Waals surface area (Å²) in [6, 6.07) is 0. The fourth-order valence-electron chi connectivity index (χ4n) is 2.45. The van der Waals surface area contributed by atoms with Crippen molar-refractivity contribution in [1.82, 2.24) is 9.97 Å². The van der Waals surface area contributed by atoms with E-state index in [1.807, 2.05) is 12.4 Å². The minimum Gasteiger partial charge on any atom is -0.341 e. The summed E-state index contributed by atoms with van der Waals surface area (Å²) in [6.45, 7) is 7.26. The number of nitrogens with two attached hydrogens (primary N) is 1. The van der Waals surface area contributed by atoms with Crippen LogP contribution in [-0.4, -0.2) is 29.6 Å². The molecule has 0 aliphatic carbocycles. The lowest BCUT2D eigenvalue weighted by Crippen LogP contribution is -2.35. The highest BCUT2D eigenvalue weighted by Crippen LogP contribution is 2.23. The Kier molecular flexibility index (Phi) is 4.53. The van der Waals surface area contributed by atoms with Gasteiger partial charge in [0.05, 0.1) is 0 Å². The van der Waals surface area contributed by atoms with Crippen LogP contribution < -0.4 is 10.6 Å². The van der Waals surface area contributed by atoms with Crippen LogP contribution in [0.3, 0.4) is 0 Å². The molecule has 2 rings (SSSR count). The van der Waals surface area contributed by atoms with Gasteiger partial charge in [0, 0.05) is 25.5 Å². The number of piperidine rings is 1. The molecule has 0 atom stereocenters. The Bertz CT molecular complexity index is 353. The van der Waals surface area contributed by atoms with Crippen molar-refractivity contribution in [2.45, 2.75) is 39.0 Å². The van der Waals surface area contributed by atoms with Gasteiger partial charge >= 0.3 is 0 Å². The van der Waals surface area contributed by atoms with E-state index >= 15 is 0 Å². The number of hydrogen-bond donors (Lipinski definition) is 1. The van der Waals surface area contributed by atoms with E-state index in [1.165, 1.54) is 18.4 Å². The Hall–Kier alpha value is -1.16. The first-order chi connectivity index (χ1) is 8.70. The number of nitrogens with zero attached hydrogens (tertiary/aromatic N) is 3. The third kappa shape index (κ3) is 3.19. The van der Waals surface area contributed by atoms with Crippen molar-refractivity contribution in [2.75, 3.05) is 24.5 Å². The van der Waals surface area contributed by atoms with Crippen LogP contribution in [0.1, 0.15) is 44.6 Å². The molecule has 1 fully saturated rings. The van der Waals surface area contributed by atoms with Crippen molar-refractivity contribution < 1.29 is 0 Å². The van der Waals surface area contributed by atoms with Crippen LogP contribution in [0.25, 0.3) is 0 Å². The third-order valence-corrected chi connectivity index (χ3v) is 3.80. The lowest BCUT2D eigenvalue weighted by molar-refractivity contribution is 0.383. The highest BCUT2D eigenvalue weighted by atomic mass is 15.2. The number of aromatic nitrogens is 2. The van der Waals surface area contributed by atoms with E-state index in [0.717, 1.165) is 37.9 Å². The van der Waals surface area contributed by atoms with Gasteiger partial charge < -0.3 is 10.6 Å². The first-order valence-electron chi connectivity index (χ1n) is 6.97. The van der Waals surface area contributed by atoms with Gasteiger partial charge in [-0.3, -0.25) is 0 Å². The molecule has 4 nitrogen and oxygen atoms in total. The van der Waals surface area contributed by atoms with Crippen LogP contribution in [0.2, 0.25) is 0 Å². The third-order valence-electron chi connectivity index (χ3n) is 3.80. The molecule has 0 radical (unpaired) electrons. The minimum absolute atomic E-state index is 0.495. The van der Waals surface area contributed by atoms with Crippen LogP contribution >= 0.6 is 0 Å². The maximum Gasteiger partial charge on any atom is 0.225 e. The summed E-state index contributed by atoms with van der Waals surface area (Å²) in [4.78, 5) is 11.3. The largest absolute Gasteiger partial charge is 0.341 e. The van der Waals surface area contributed by atoms with E-state index in [9.17, 15) is 0 Å². The van der Waals surface area contributed by atoms with Crippen molar-refractivity contribution in [3.05, 3.63) is 18.0 Å². The Morgan fingerprint density at radius 1 is 1.28 bits per heavy atom. The van der Waals surface area contributed by atoms with Gasteiger partial charge in [0.1, 0.15) is 0 Å². The summed E-state index contributed by atoms with van der Waals surface area (Å²) in [6.07, 6.45) is 7.50. The standard InChI is InChI=1S/C14H24N4/c1-11(2)13-9-16-14(17-10-13)18-7-4-12(3-6-15)5-8-18/h9-12H,3-8,15H2,1-2H3. The van der Waals surface area contributed by atoms with E-state index in [1.54, 1.807) is 0 Å². The van der Waals surface area contributed by atoms with E-state index in [4.69, 9.17) is 5.73 Å². The average molecular weight is 248 g/mol. The summed E-state index contributed by atoms with van der Waals surface area (Å²) in [5.74, 6) is 2.17. The molecule has 1 aliphatic rings. The Balaban J connectivity index is 1.93. The predicted octanol–water partition coefficient (Wildman–Crippen LogP) is 2.17. The fourth-order valence-corrected chi connectivity index (χ4v) is 2.45. The molecule has 2 N–H and O–H groups in total. The van der Waals surface area contributed by atoms with Gasteiger partial charge in [-0.15, -0.1) is 0 Å². The molecule has 2 heterocycles. The van der Waals surface area contributed by atoms with Gasteiger partial charge in [0.15, 0.2) is 0 Å². The van der Waals surface area contributed by atoms with Crippen molar-refractivity contribution >= 4 is 5.95 Å². The second-order valence-corrected chi connectivity index (χ2v) is 5.48. The molecule has 0 aromatic carbocycles. The molecule has 1 aromatic rings. The van der Waals surface area contributed by atoms with Crippen molar-refractivity contribution in [1.29, 1.82) is 0 Å². The molecular formula is C14H24N4. The predicted molar refractivity (Wildman–Crippen MR) is 74.7 cm³/mol. The van der Waals surface area contributed by atoms with Gasteiger partial charge in [-0.25, -0.2) is 9.97 Å². The van der Waals surface area contributed by atoms with Crippen LogP contribution in [0.4, 0.5) is 5.95 Å². The van der Waals surface area contributed by atoms with Crippen LogP contribution in [0.15, 0.2) is 12.4 Å². The summed E-state index contributed by atoms with van der Waals surface area (Å²) >= 11 is 0. The first-order valence-corrected chi connectivity index (χ1v) is 6.97. The van der Waals surface area contributed by atoms with Gasteiger partial charge in [0.2, 0.25) is 5.95 Å². The molecule has 1 saturated heterocycles. The molecule has 0 saturated carbocycles. The maximum absolute atomic E-state index is 5.61. The Morgan fingerprint density at radius 2 is 1.89 bits per heavy atom. The van der Waals surface area contributed by atoms with E-state index in [2.05, 4.69) is 28.7 Å². The molecule has 4 heteroatoms. The number of hydrogen-bond acceptors (Lipinski definition) is 4. The van der Waals surface area contributed by atoms with Gasteiger partial charge in [-0.1, -0.05) is 13.8 Å². The van der Waals surface area contributed by atoms with Crippen molar-refractivity contribution in [3.8, 4) is 0 Å². The number of rotatable bonds is 4. The second kappa shape index (κ2) is 6.14. The highest BCUT2D eigenvalue weighted by molar-refractivity contribution is 5.31. The first kappa shape index (κ1) is 13.3. The molecule has 0 amide bonds. The molecular weight excluding hydrogens is 224 g/mol. The minimum atomic E-state index is 0.495. The zero-order chi connectivity index (χ0) is 13.0. The molecule has 100 valence electrons. The van der Waals surface area contributed by atoms with Gasteiger partial charge in [-0.2, -0.15) is 0 Å². The van der Waals surface area contributed by atoms with Gasteiger partial charge in [-0.05, 0) is 43.2 Å².